The molecule has 0 aliphatic heterocycles. The summed E-state index contributed by atoms with van der Waals surface area (Å²) in [5.41, 5.74) is 0. The zero-order valence-electron chi connectivity index (χ0n) is 17.5. The van der Waals surface area contributed by atoms with Crippen molar-refractivity contribution in [1.29, 1.82) is 0 Å². The first-order valence-electron chi connectivity index (χ1n) is 9.71. The van der Waals surface area contributed by atoms with Gasteiger partial charge in [0.1, 0.15) is 5.82 Å². The predicted octanol–water partition coefficient (Wildman–Crippen LogP) is 3.26. The van der Waals surface area contributed by atoms with E-state index in [9.17, 15) is 0 Å². The number of nitrogens with one attached hydrogen (secondary N) is 2. The fourth-order valence-electron chi connectivity index (χ4n) is 2.98. The molecule has 2 N–H and O–H groups in total. The number of aromatic nitrogens is 2. The summed E-state index contributed by atoms with van der Waals surface area (Å²) in [5.74, 6) is 2.01. The Bertz CT molecular complexity index is 490. The summed E-state index contributed by atoms with van der Waals surface area (Å²) in [7, 11) is 0. The van der Waals surface area contributed by atoms with Gasteiger partial charge in [0.2, 0.25) is 0 Å². The Hall–Kier alpha value is -0.830. The fourth-order valence-corrected chi connectivity index (χ4v) is 2.98. The van der Waals surface area contributed by atoms with Crippen LogP contribution in [-0.2, 0) is 6.54 Å². The fraction of sp³-hybridized carbons (Fsp3) is 0.789. The SMILES string of the molecule is CCNC(=NCCCCn1ccnc1C)NCCN(C(C)C)C(C)C.I. The van der Waals surface area contributed by atoms with Crippen molar-refractivity contribution in [2.75, 3.05) is 26.2 Å². The van der Waals surface area contributed by atoms with E-state index in [4.69, 9.17) is 4.99 Å². The zero-order valence-corrected chi connectivity index (χ0v) is 19.8. The van der Waals surface area contributed by atoms with Crippen LogP contribution in [0.1, 0.15) is 53.3 Å². The summed E-state index contributed by atoms with van der Waals surface area (Å²) in [6.45, 7) is 17.8. The van der Waals surface area contributed by atoms with Gasteiger partial charge in [-0.2, -0.15) is 0 Å². The van der Waals surface area contributed by atoms with Crippen LogP contribution in [0.25, 0.3) is 0 Å². The summed E-state index contributed by atoms with van der Waals surface area (Å²) in [4.78, 5) is 11.4. The molecule has 152 valence electrons. The minimum atomic E-state index is 0. The molecule has 0 bridgehead atoms. The maximum atomic E-state index is 4.69. The van der Waals surface area contributed by atoms with Crippen molar-refractivity contribution >= 4 is 29.9 Å². The molecular weight excluding hydrogens is 439 g/mol. The summed E-state index contributed by atoms with van der Waals surface area (Å²) < 4.78 is 2.19. The average Bonchev–Trinajstić information content (AvgIpc) is 2.95. The molecule has 0 aliphatic rings. The molecule has 0 aromatic carbocycles. The van der Waals surface area contributed by atoms with Crippen LogP contribution >= 0.6 is 24.0 Å². The van der Waals surface area contributed by atoms with Crippen molar-refractivity contribution in [3.63, 3.8) is 0 Å². The Labute approximate surface area is 177 Å². The lowest BCUT2D eigenvalue weighted by Crippen LogP contribution is -2.45. The molecule has 1 aromatic rings. The molecule has 0 saturated heterocycles. The first-order chi connectivity index (χ1) is 12.0. The Morgan fingerprint density at radius 2 is 1.88 bits per heavy atom. The highest BCUT2D eigenvalue weighted by atomic mass is 127. The first kappa shape index (κ1) is 25.2. The molecule has 0 aliphatic carbocycles. The molecule has 0 radical (unpaired) electrons. The third-order valence-electron chi connectivity index (χ3n) is 4.33. The van der Waals surface area contributed by atoms with E-state index < -0.39 is 0 Å². The number of rotatable bonds is 11. The highest BCUT2D eigenvalue weighted by Gasteiger charge is 2.12. The van der Waals surface area contributed by atoms with E-state index in [-0.39, 0.29) is 24.0 Å². The molecule has 0 unspecified atom stereocenters. The zero-order chi connectivity index (χ0) is 18.7. The summed E-state index contributed by atoms with van der Waals surface area (Å²) in [6.07, 6.45) is 6.10. The lowest BCUT2D eigenvalue weighted by molar-refractivity contribution is 0.178. The molecule has 0 amide bonds. The van der Waals surface area contributed by atoms with Crippen LogP contribution in [0, 0.1) is 6.92 Å². The van der Waals surface area contributed by atoms with Crippen LogP contribution in [0.5, 0.6) is 0 Å². The first-order valence-corrected chi connectivity index (χ1v) is 9.71. The quantitative estimate of drug-likeness (QED) is 0.222. The smallest absolute Gasteiger partial charge is 0.191 e. The topological polar surface area (TPSA) is 57.5 Å². The second kappa shape index (κ2) is 14.3. The molecule has 0 saturated carbocycles. The van der Waals surface area contributed by atoms with Crippen LogP contribution in [0.15, 0.2) is 17.4 Å². The van der Waals surface area contributed by atoms with Crippen molar-refractivity contribution < 1.29 is 0 Å². The van der Waals surface area contributed by atoms with E-state index in [1.54, 1.807) is 0 Å². The number of aryl methyl sites for hydroxylation is 2. The number of halogens is 1. The summed E-state index contributed by atoms with van der Waals surface area (Å²) >= 11 is 0. The molecule has 0 atom stereocenters. The van der Waals surface area contributed by atoms with Crippen molar-refractivity contribution in [3.8, 4) is 0 Å². The maximum Gasteiger partial charge on any atom is 0.191 e. The van der Waals surface area contributed by atoms with E-state index in [2.05, 4.69) is 59.7 Å². The van der Waals surface area contributed by atoms with Crippen LogP contribution in [0.2, 0.25) is 0 Å². The van der Waals surface area contributed by atoms with Gasteiger partial charge in [-0.15, -0.1) is 24.0 Å². The average molecular weight is 478 g/mol. The normalized spacial score (nSPS) is 12.0. The van der Waals surface area contributed by atoms with Crippen molar-refractivity contribution in [2.24, 2.45) is 4.99 Å². The van der Waals surface area contributed by atoms with E-state index in [1.165, 1.54) is 0 Å². The Balaban J connectivity index is 0.00000625. The number of hydrogen-bond acceptors (Lipinski definition) is 3. The Morgan fingerprint density at radius 3 is 2.42 bits per heavy atom. The minimum Gasteiger partial charge on any atom is -0.357 e. The van der Waals surface area contributed by atoms with Crippen LogP contribution in [0.3, 0.4) is 0 Å². The van der Waals surface area contributed by atoms with E-state index in [0.29, 0.717) is 12.1 Å². The number of guanidine groups is 1. The maximum absolute atomic E-state index is 4.69. The molecule has 6 nitrogen and oxygen atoms in total. The third-order valence-corrected chi connectivity index (χ3v) is 4.33. The van der Waals surface area contributed by atoms with Gasteiger partial charge in [-0.05, 0) is 54.4 Å². The Morgan fingerprint density at radius 1 is 1.19 bits per heavy atom. The van der Waals surface area contributed by atoms with Crippen LogP contribution in [0.4, 0.5) is 0 Å². The molecule has 1 heterocycles. The van der Waals surface area contributed by atoms with Gasteiger partial charge in [0.25, 0.3) is 0 Å². The molecule has 7 heteroatoms. The lowest BCUT2D eigenvalue weighted by Gasteiger charge is -2.30. The van der Waals surface area contributed by atoms with Gasteiger partial charge >= 0.3 is 0 Å². The van der Waals surface area contributed by atoms with Crippen molar-refractivity contribution in [2.45, 2.75) is 73.0 Å². The molecule has 1 rings (SSSR count). The van der Waals surface area contributed by atoms with Gasteiger partial charge < -0.3 is 15.2 Å². The molecular formula is C19H39IN6. The molecule has 0 spiro atoms. The van der Waals surface area contributed by atoms with Crippen LogP contribution in [-0.4, -0.2) is 58.7 Å². The standard InChI is InChI=1S/C19H38N6.HI/c1-7-20-19(23-12-15-25(16(2)3)17(4)5)22-10-8-9-13-24-14-11-21-18(24)6;/h11,14,16-17H,7-10,12-13,15H2,1-6H3,(H2,20,22,23);1H. The van der Waals surface area contributed by atoms with Gasteiger partial charge in [-0.25, -0.2) is 4.98 Å². The molecule has 0 fully saturated rings. The largest absolute Gasteiger partial charge is 0.357 e. The van der Waals surface area contributed by atoms with Gasteiger partial charge in [0.05, 0.1) is 0 Å². The number of hydrogen-bond donors (Lipinski definition) is 2. The van der Waals surface area contributed by atoms with Gasteiger partial charge in [-0.3, -0.25) is 9.89 Å². The number of unbranched alkanes of at least 4 members (excludes halogenated alkanes) is 1. The van der Waals surface area contributed by atoms with Gasteiger partial charge in [0, 0.05) is 57.2 Å². The third kappa shape index (κ3) is 9.75. The highest BCUT2D eigenvalue weighted by molar-refractivity contribution is 14.0. The molecule has 1 aromatic heterocycles. The van der Waals surface area contributed by atoms with E-state index in [1.807, 2.05) is 19.3 Å². The van der Waals surface area contributed by atoms with Gasteiger partial charge in [0.15, 0.2) is 5.96 Å². The number of imidazole rings is 1. The highest BCUT2D eigenvalue weighted by Crippen LogP contribution is 2.03. The second-order valence-corrected chi connectivity index (χ2v) is 6.99. The van der Waals surface area contributed by atoms with Gasteiger partial charge in [-0.1, -0.05) is 0 Å². The predicted molar refractivity (Wildman–Crippen MR) is 123 cm³/mol. The monoisotopic (exact) mass is 478 g/mol. The molecule has 26 heavy (non-hydrogen) atoms. The van der Waals surface area contributed by atoms with Crippen LogP contribution < -0.4 is 10.6 Å². The van der Waals surface area contributed by atoms with E-state index >= 15 is 0 Å². The number of nitrogens with zero attached hydrogens (tertiary/aromatic N) is 4. The minimum absolute atomic E-state index is 0. The van der Waals surface area contributed by atoms with Crippen molar-refractivity contribution in [1.82, 2.24) is 25.1 Å². The number of aliphatic imine (C=N–C) groups is 1. The summed E-state index contributed by atoms with van der Waals surface area (Å²) in [6, 6.07) is 1.13. The summed E-state index contributed by atoms with van der Waals surface area (Å²) in [5, 5.41) is 6.79. The second-order valence-electron chi connectivity index (χ2n) is 6.99. The van der Waals surface area contributed by atoms with Crippen molar-refractivity contribution in [3.05, 3.63) is 18.2 Å². The van der Waals surface area contributed by atoms with E-state index in [0.717, 1.165) is 57.3 Å². The lowest BCUT2D eigenvalue weighted by atomic mass is 10.2. The Kier molecular flexibility index (Phi) is 13.8.